The molecule has 1 aliphatic rings. The molecule has 1 saturated carbocycles. The highest BCUT2D eigenvalue weighted by atomic mass is 19.1. The van der Waals surface area contributed by atoms with E-state index in [0.29, 0.717) is 11.5 Å². The predicted octanol–water partition coefficient (Wildman–Crippen LogP) is 3.95. The quantitative estimate of drug-likeness (QED) is 0.659. The van der Waals surface area contributed by atoms with Gasteiger partial charge in [0.2, 0.25) is 0 Å². The second-order valence-corrected chi connectivity index (χ2v) is 5.88. The first-order chi connectivity index (χ1) is 10.2. The smallest absolute Gasteiger partial charge is 0.128 e. The number of halogens is 1. The molecule has 1 fully saturated rings. The predicted molar refractivity (Wildman–Crippen MR) is 83.3 cm³/mol. The molecule has 3 N–H and O–H groups in total. The molecule has 0 aromatic heterocycles. The average molecular weight is 284 g/mol. The number of hydrazine groups is 1. The summed E-state index contributed by atoms with van der Waals surface area (Å²) in [7, 11) is 0. The Morgan fingerprint density at radius 1 is 1.14 bits per heavy atom. The maximum absolute atomic E-state index is 14.2. The van der Waals surface area contributed by atoms with E-state index in [4.69, 9.17) is 5.84 Å². The van der Waals surface area contributed by atoms with Gasteiger partial charge in [-0.1, -0.05) is 48.4 Å². The minimum atomic E-state index is -0.304. The molecule has 3 heteroatoms. The van der Waals surface area contributed by atoms with Crippen LogP contribution in [0.1, 0.15) is 53.5 Å². The van der Waals surface area contributed by atoms with Gasteiger partial charge in [-0.15, -0.1) is 0 Å². The number of aryl methyl sites for hydroxylation is 1. The van der Waals surface area contributed by atoms with Gasteiger partial charge in [-0.25, -0.2) is 9.82 Å². The van der Waals surface area contributed by atoms with Crippen LogP contribution in [0.3, 0.4) is 0 Å². The number of hydrogen-bond acceptors (Lipinski definition) is 2. The summed E-state index contributed by atoms with van der Waals surface area (Å²) >= 11 is 0. The Morgan fingerprint density at radius 2 is 1.90 bits per heavy atom. The zero-order valence-electron chi connectivity index (χ0n) is 12.3. The van der Waals surface area contributed by atoms with Crippen molar-refractivity contribution in [2.75, 3.05) is 0 Å². The lowest BCUT2D eigenvalue weighted by atomic mass is 9.76. The molecule has 0 bridgehead atoms. The molecule has 1 atom stereocenters. The summed E-state index contributed by atoms with van der Waals surface area (Å²) in [6, 6.07) is 13.1. The molecule has 0 aliphatic heterocycles. The summed E-state index contributed by atoms with van der Waals surface area (Å²) in [6.07, 6.45) is 3.70. The SMILES string of the molecule is Cc1ccc(F)c(C(NN)c2ccccc2C2CCC2)c1. The zero-order valence-corrected chi connectivity index (χ0v) is 12.3. The molecule has 21 heavy (non-hydrogen) atoms. The lowest BCUT2D eigenvalue weighted by Crippen LogP contribution is -2.31. The highest BCUT2D eigenvalue weighted by Crippen LogP contribution is 2.40. The summed E-state index contributed by atoms with van der Waals surface area (Å²) in [6.45, 7) is 1.97. The monoisotopic (exact) mass is 284 g/mol. The van der Waals surface area contributed by atoms with Gasteiger partial charge in [0.05, 0.1) is 6.04 Å². The Hall–Kier alpha value is -1.71. The Bertz CT molecular complexity index is 635. The Kier molecular flexibility index (Phi) is 4.04. The van der Waals surface area contributed by atoms with Gasteiger partial charge in [0.25, 0.3) is 0 Å². The maximum Gasteiger partial charge on any atom is 0.128 e. The van der Waals surface area contributed by atoms with Crippen molar-refractivity contribution in [1.29, 1.82) is 0 Å². The van der Waals surface area contributed by atoms with E-state index in [1.807, 2.05) is 19.1 Å². The highest BCUT2D eigenvalue weighted by Gasteiger charge is 2.26. The van der Waals surface area contributed by atoms with E-state index < -0.39 is 0 Å². The van der Waals surface area contributed by atoms with Crippen molar-refractivity contribution in [2.24, 2.45) is 5.84 Å². The van der Waals surface area contributed by atoms with Crippen LogP contribution < -0.4 is 11.3 Å². The summed E-state index contributed by atoms with van der Waals surface area (Å²) < 4.78 is 14.2. The zero-order chi connectivity index (χ0) is 14.8. The fraction of sp³-hybridized carbons (Fsp3) is 0.333. The topological polar surface area (TPSA) is 38.0 Å². The van der Waals surface area contributed by atoms with Crippen molar-refractivity contribution in [1.82, 2.24) is 5.43 Å². The van der Waals surface area contributed by atoms with E-state index in [-0.39, 0.29) is 11.9 Å². The number of benzene rings is 2. The molecule has 1 unspecified atom stereocenters. The Balaban J connectivity index is 2.06. The number of nitrogens with one attached hydrogen (secondary N) is 1. The van der Waals surface area contributed by atoms with Crippen molar-refractivity contribution >= 4 is 0 Å². The minimum Gasteiger partial charge on any atom is -0.271 e. The fourth-order valence-corrected chi connectivity index (χ4v) is 3.10. The van der Waals surface area contributed by atoms with E-state index in [9.17, 15) is 4.39 Å². The van der Waals surface area contributed by atoms with Gasteiger partial charge in [0, 0.05) is 5.56 Å². The second-order valence-electron chi connectivity index (χ2n) is 5.88. The second kappa shape index (κ2) is 5.96. The van der Waals surface area contributed by atoms with Crippen LogP contribution in [0.4, 0.5) is 4.39 Å². The van der Waals surface area contributed by atoms with E-state index in [1.54, 1.807) is 6.07 Å². The molecule has 0 radical (unpaired) electrons. The van der Waals surface area contributed by atoms with Crippen LogP contribution in [0.2, 0.25) is 0 Å². The molecule has 2 aromatic carbocycles. The van der Waals surface area contributed by atoms with Gasteiger partial charge in [-0.3, -0.25) is 5.84 Å². The van der Waals surface area contributed by atoms with E-state index in [0.717, 1.165) is 11.1 Å². The molecule has 2 nitrogen and oxygen atoms in total. The Morgan fingerprint density at radius 3 is 2.57 bits per heavy atom. The van der Waals surface area contributed by atoms with Gasteiger partial charge in [0.1, 0.15) is 5.82 Å². The third kappa shape index (κ3) is 2.71. The van der Waals surface area contributed by atoms with Crippen LogP contribution in [0, 0.1) is 12.7 Å². The first kappa shape index (κ1) is 14.2. The molecule has 3 rings (SSSR count). The van der Waals surface area contributed by atoms with Crippen molar-refractivity contribution in [3.05, 3.63) is 70.5 Å². The highest BCUT2D eigenvalue weighted by molar-refractivity contribution is 5.41. The van der Waals surface area contributed by atoms with Crippen LogP contribution in [-0.4, -0.2) is 0 Å². The third-order valence-electron chi connectivity index (χ3n) is 4.48. The van der Waals surface area contributed by atoms with Gasteiger partial charge < -0.3 is 0 Å². The maximum atomic E-state index is 14.2. The lowest BCUT2D eigenvalue weighted by molar-refractivity contribution is 0.413. The fourth-order valence-electron chi connectivity index (χ4n) is 3.10. The molecule has 0 saturated heterocycles. The largest absolute Gasteiger partial charge is 0.271 e. The number of rotatable bonds is 4. The van der Waals surface area contributed by atoms with Gasteiger partial charge in [-0.05, 0) is 42.9 Å². The van der Waals surface area contributed by atoms with Crippen LogP contribution in [0.15, 0.2) is 42.5 Å². The average Bonchev–Trinajstić information content (AvgIpc) is 2.43. The summed E-state index contributed by atoms with van der Waals surface area (Å²) in [5.74, 6) is 6.14. The number of nitrogens with two attached hydrogens (primary N) is 1. The normalized spacial score (nSPS) is 16.5. The van der Waals surface area contributed by atoms with Crippen molar-refractivity contribution in [3.63, 3.8) is 0 Å². The first-order valence-corrected chi connectivity index (χ1v) is 7.51. The summed E-state index contributed by atoms with van der Waals surface area (Å²) in [5, 5.41) is 0. The Labute approximate surface area is 125 Å². The standard InChI is InChI=1S/C18H21FN2/c1-12-9-10-17(19)16(11-12)18(21-20)15-8-3-2-7-14(15)13-5-4-6-13/h2-3,7-11,13,18,21H,4-6,20H2,1H3. The van der Waals surface area contributed by atoms with E-state index >= 15 is 0 Å². The van der Waals surface area contributed by atoms with Crippen molar-refractivity contribution < 1.29 is 4.39 Å². The van der Waals surface area contributed by atoms with Crippen LogP contribution >= 0.6 is 0 Å². The molecule has 2 aromatic rings. The lowest BCUT2D eigenvalue weighted by Gasteiger charge is -2.30. The van der Waals surface area contributed by atoms with Gasteiger partial charge in [0.15, 0.2) is 0 Å². The van der Waals surface area contributed by atoms with E-state index in [2.05, 4.69) is 23.6 Å². The molecule has 0 spiro atoms. The minimum absolute atomic E-state index is 0.216. The molecule has 1 aliphatic carbocycles. The number of hydrogen-bond donors (Lipinski definition) is 2. The van der Waals surface area contributed by atoms with Gasteiger partial charge >= 0.3 is 0 Å². The third-order valence-corrected chi connectivity index (χ3v) is 4.48. The van der Waals surface area contributed by atoms with E-state index in [1.165, 1.54) is 30.9 Å². The molecule has 0 heterocycles. The molecule has 110 valence electrons. The summed E-state index contributed by atoms with van der Waals surface area (Å²) in [5.41, 5.74) is 6.85. The molecular formula is C18H21FN2. The molecule has 0 amide bonds. The van der Waals surface area contributed by atoms with Crippen molar-refractivity contribution in [2.45, 2.75) is 38.1 Å². The van der Waals surface area contributed by atoms with Crippen LogP contribution in [0.5, 0.6) is 0 Å². The first-order valence-electron chi connectivity index (χ1n) is 7.51. The van der Waals surface area contributed by atoms with Crippen molar-refractivity contribution in [3.8, 4) is 0 Å². The van der Waals surface area contributed by atoms with Crippen LogP contribution in [0.25, 0.3) is 0 Å². The van der Waals surface area contributed by atoms with Gasteiger partial charge in [-0.2, -0.15) is 0 Å². The molecular weight excluding hydrogens is 263 g/mol. The summed E-state index contributed by atoms with van der Waals surface area (Å²) in [4.78, 5) is 0. The van der Waals surface area contributed by atoms with Crippen LogP contribution in [-0.2, 0) is 0 Å².